The number of hydrogen-bond donors (Lipinski definition) is 1. The van der Waals surface area contributed by atoms with Gasteiger partial charge in [-0.05, 0) is 35.4 Å². The van der Waals surface area contributed by atoms with Crippen molar-refractivity contribution in [2.75, 3.05) is 12.3 Å². The van der Waals surface area contributed by atoms with E-state index < -0.39 is 0 Å². The van der Waals surface area contributed by atoms with E-state index in [1.54, 1.807) is 0 Å². The summed E-state index contributed by atoms with van der Waals surface area (Å²) in [6.45, 7) is 7.62. The molecular formula is C16H27NS. The molecule has 0 saturated carbocycles. The first-order chi connectivity index (χ1) is 8.69. The molecule has 2 heteroatoms. The van der Waals surface area contributed by atoms with Crippen LogP contribution >= 0.6 is 11.8 Å². The van der Waals surface area contributed by atoms with Crippen LogP contribution in [-0.2, 0) is 18.6 Å². The van der Waals surface area contributed by atoms with E-state index >= 15 is 0 Å². The van der Waals surface area contributed by atoms with Gasteiger partial charge in [-0.1, -0.05) is 45.4 Å². The lowest BCUT2D eigenvalue weighted by Crippen LogP contribution is -2.02. The van der Waals surface area contributed by atoms with E-state index in [-0.39, 0.29) is 0 Å². The molecule has 1 nitrogen and oxygen atoms in total. The summed E-state index contributed by atoms with van der Waals surface area (Å²) in [6, 6.07) is 7.11. The van der Waals surface area contributed by atoms with Crippen LogP contribution in [0.3, 0.4) is 0 Å². The predicted octanol–water partition coefficient (Wildman–Crippen LogP) is 4.03. The molecule has 102 valence electrons. The Morgan fingerprint density at radius 3 is 2.39 bits per heavy atom. The maximum absolute atomic E-state index is 5.54. The molecule has 0 saturated heterocycles. The van der Waals surface area contributed by atoms with Crippen molar-refractivity contribution in [1.82, 2.24) is 0 Å². The van der Waals surface area contributed by atoms with Gasteiger partial charge in [0.25, 0.3) is 0 Å². The number of aryl methyl sites for hydroxylation is 1. The van der Waals surface area contributed by atoms with Gasteiger partial charge in [-0.3, -0.25) is 0 Å². The number of benzene rings is 1. The molecule has 0 heterocycles. The molecular weight excluding hydrogens is 238 g/mol. The Bertz CT molecular complexity index is 349. The molecule has 0 aliphatic rings. The van der Waals surface area contributed by atoms with Crippen molar-refractivity contribution in [3.8, 4) is 0 Å². The van der Waals surface area contributed by atoms with Gasteiger partial charge in [0.1, 0.15) is 0 Å². The van der Waals surface area contributed by atoms with E-state index in [1.807, 2.05) is 11.8 Å². The van der Waals surface area contributed by atoms with Crippen molar-refractivity contribution in [2.45, 2.75) is 45.8 Å². The van der Waals surface area contributed by atoms with Crippen LogP contribution < -0.4 is 5.73 Å². The number of nitrogens with two attached hydrogens (primary N) is 1. The SMILES string of the molecule is CCc1cc(CSCCN)cc(CC(C)CC)c1. The monoisotopic (exact) mass is 265 g/mol. The van der Waals surface area contributed by atoms with Crippen LogP contribution in [0, 0.1) is 5.92 Å². The fraction of sp³-hybridized carbons (Fsp3) is 0.625. The molecule has 0 aliphatic heterocycles. The molecule has 0 fully saturated rings. The first kappa shape index (κ1) is 15.6. The molecule has 1 aromatic rings. The summed E-state index contributed by atoms with van der Waals surface area (Å²) in [4.78, 5) is 0. The highest BCUT2D eigenvalue weighted by Gasteiger charge is 2.05. The Morgan fingerprint density at radius 2 is 1.78 bits per heavy atom. The maximum atomic E-state index is 5.54. The molecule has 2 N–H and O–H groups in total. The summed E-state index contributed by atoms with van der Waals surface area (Å²) >= 11 is 1.93. The maximum Gasteiger partial charge on any atom is 0.0185 e. The van der Waals surface area contributed by atoms with E-state index in [0.29, 0.717) is 0 Å². The molecule has 0 bridgehead atoms. The van der Waals surface area contributed by atoms with E-state index in [4.69, 9.17) is 5.73 Å². The molecule has 1 aromatic carbocycles. The third-order valence-electron chi connectivity index (χ3n) is 3.33. The highest BCUT2D eigenvalue weighted by Crippen LogP contribution is 2.19. The molecule has 1 atom stereocenters. The number of hydrogen-bond acceptors (Lipinski definition) is 2. The van der Waals surface area contributed by atoms with Crippen molar-refractivity contribution in [2.24, 2.45) is 11.7 Å². The molecule has 1 rings (SSSR count). The second-order valence-corrected chi connectivity index (χ2v) is 6.18. The fourth-order valence-corrected chi connectivity index (χ4v) is 2.78. The Hall–Kier alpha value is -0.470. The Morgan fingerprint density at radius 1 is 1.11 bits per heavy atom. The minimum Gasteiger partial charge on any atom is -0.330 e. The zero-order valence-corrected chi connectivity index (χ0v) is 12.9. The standard InChI is InChI=1S/C16H27NS/c1-4-13(3)8-15-9-14(5-2)10-16(11-15)12-18-7-6-17/h9-11,13H,4-8,12,17H2,1-3H3. The highest BCUT2D eigenvalue weighted by atomic mass is 32.2. The summed E-state index contributed by atoms with van der Waals surface area (Å²) in [5.74, 6) is 2.93. The Labute approximate surface area is 117 Å². The number of thioether (sulfide) groups is 1. The minimum absolute atomic E-state index is 0.776. The van der Waals surface area contributed by atoms with E-state index in [1.165, 1.54) is 29.5 Å². The van der Waals surface area contributed by atoms with Gasteiger partial charge in [-0.2, -0.15) is 11.8 Å². The molecule has 0 amide bonds. The smallest absolute Gasteiger partial charge is 0.0185 e. The van der Waals surface area contributed by atoms with Gasteiger partial charge in [-0.15, -0.1) is 0 Å². The third kappa shape index (κ3) is 5.45. The van der Waals surface area contributed by atoms with Crippen molar-refractivity contribution >= 4 is 11.8 Å². The minimum atomic E-state index is 0.776. The summed E-state index contributed by atoms with van der Waals surface area (Å²) in [6.07, 6.45) is 3.59. The van der Waals surface area contributed by atoms with Crippen molar-refractivity contribution in [1.29, 1.82) is 0 Å². The van der Waals surface area contributed by atoms with Gasteiger partial charge < -0.3 is 5.73 Å². The number of rotatable bonds is 8. The molecule has 0 aromatic heterocycles. The van der Waals surface area contributed by atoms with Gasteiger partial charge in [0, 0.05) is 18.1 Å². The second-order valence-electron chi connectivity index (χ2n) is 5.07. The molecule has 0 spiro atoms. The van der Waals surface area contributed by atoms with E-state index in [0.717, 1.165) is 30.4 Å². The lowest BCUT2D eigenvalue weighted by Gasteiger charge is -2.12. The van der Waals surface area contributed by atoms with E-state index in [2.05, 4.69) is 39.0 Å². The first-order valence-corrected chi connectivity index (χ1v) is 8.24. The molecule has 1 unspecified atom stereocenters. The van der Waals surface area contributed by atoms with Crippen molar-refractivity contribution in [3.05, 3.63) is 34.9 Å². The predicted molar refractivity (Wildman–Crippen MR) is 84.2 cm³/mol. The Balaban J connectivity index is 2.74. The van der Waals surface area contributed by atoms with Crippen LogP contribution in [0.5, 0.6) is 0 Å². The van der Waals surface area contributed by atoms with Crippen molar-refractivity contribution in [3.63, 3.8) is 0 Å². The summed E-state index contributed by atoms with van der Waals surface area (Å²) < 4.78 is 0. The van der Waals surface area contributed by atoms with Crippen LogP contribution in [0.15, 0.2) is 18.2 Å². The molecule has 18 heavy (non-hydrogen) atoms. The van der Waals surface area contributed by atoms with Crippen LogP contribution in [0.4, 0.5) is 0 Å². The zero-order valence-electron chi connectivity index (χ0n) is 12.0. The van der Waals surface area contributed by atoms with Gasteiger partial charge >= 0.3 is 0 Å². The zero-order chi connectivity index (χ0) is 13.4. The quantitative estimate of drug-likeness (QED) is 0.718. The summed E-state index contributed by atoms with van der Waals surface area (Å²) in [7, 11) is 0. The highest BCUT2D eigenvalue weighted by molar-refractivity contribution is 7.98. The summed E-state index contributed by atoms with van der Waals surface area (Å²) in [5, 5.41) is 0. The van der Waals surface area contributed by atoms with Gasteiger partial charge in [0.2, 0.25) is 0 Å². The lowest BCUT2D eigenvalue weighted by molar-refractivity contribution is 0.560. The normalized spacial score (nSPS) is 12.7. The Kier molecular flexibility index (Phi) is 7.45. The average Bonchev–Trinajstić information content (AvgIpc) is 2.38. The van der Waals surface area contributed by atoms with E-state index in [9.17, 15) is 0 Å². The van der Waals surface area contributed by atoms with Crippen LogP contribution in [-0.4, -0.2) is 12.3 Å². The summed E-state index contributed by atoms with van der Waals surface area (Å²) in [5.41, 5.74) is 9.98. The second kappa shape index (κ2) is 8.60. The lowest BCUT2D eigenvalue weighted by atomic mass is 9.95. The van der Waals surface area contributed by atoms with Crippen LogP contribution in [0.25, 0.3) is 0 Å². The first-order valence-electron chi connectivity index (χ1n) is 7.09. The van der Waals surface area contributed by atoms with Gasteiger partial charge in [0.05, 0.1) is 0 Å². The fourth-order valence-electron chi connectivity index (χ4n) is 2.06. The average molecular weight is 265 g/mol. The van der Waals surface area contributed by atoms with Crippen molar-refractivity contribution < 1.29 is 0 Å². The van der Waals surface area contributed by atoms with Gasteiger partial charge in [-0.25, -0.2) is 0 Å². The molecule has 0 aliphatic carbocycles. The largest absolute Gasteiger partial charge is 0.330 e. The third-order valence-corrected chi connectivity index (χ3v) is 4.39. The van der Waals surface area contributed by atoms with Gasteiger partial charge in [0.15, 0.2) is 0 Å². The van der Waals surface area contributed by atoms with Crippen LogP contribution in [0.2, 0.25) is 0 Å². The van der Waals surface area contributed by atoms with Crippen LogP contribution in [0.1, 0.15) is 43.9 Å². The topological polar surface area (TPSA) is 26.0 Å². The molecule has 0 radical (unpaired) electrons.